The molecule has 2 aliphatic heterocycles. The maximum absolute atomic E-state index is 12.7. The van der Waals surface area contributed by atoms with Crippen LogP contribution in [0.3, 0.4) is 0 Å². The van der Waals surface area contributed by atoms with Crippen molar-refractivity contribution in [1.82, 2.24) is 15.2 Å². The van der Waals surface area contributed by atoms with Gasteiger partial charge in [0.1, 0.15) is 6.04 Å². The number of carbonyl (C=O) groups excluding carboxylic acids is 4. The van der Waals surface area contributed by atoms with Gasteiger partial charge in [-0.15, -0.1) is 0 Å². The van der Waals surface area contributed by atoms with E-state index in [1.807, 2.05) is 6.07 Å². The Morgan fingerprint density at radius 3 is 2.52 bits per heavy atom. The first-order valence-electron chi connectivity index (χ1n) is 7.82. The number of hydrogen-bond donors (Lipinski definition) is 1. The summed E-state index contributed by atoms with van der Waals surface area (Å²) in [5, 5.41) is 2.18. The molecule has 1 unspecified atom stereocenters. The molecule has 124 valence electrons. The molecule has 4 rings (SSSR count). The van der Waals surface area contributed by atoms with Gasteiger partial charge in [0.15, 0.2) is 0 Å². The molecule has 0 radical (unpaired) electrons. The highest BCUT2D eigenvalue weighted by molar-refractivity contribution is 6.23. The molecule has 1 aromatic carbocycles. The summed E-state index contributed by atoms with van der Waals surface area (Å²) in [5.41, 5.74) is 2.11. The lowest BCUT2D eigenvalue weighted by Gasteiger charge is -2.27. The van der Waals surface area contributed by atoms with Crippen LogP contribution < -0.4 is 5.32 Å². The summed E-state index contributed by atoms with van der Waals surface area (Å²) in [6.45, 7) is 0. The number of amides is 4. The quantitative estimate of drug-likeness (QED) is 0.831. The molecular formula is C18H13N3O4. The van der Waals surface area contributed by atoms with Crippen LogP contribution >= 0.6 is 0 Å². The van der Waals surface area contributed by atoms with Gasteiger partial charge in [0.2, 0.25) is 11.8 Å². The Balaban J connectivity index is 1.70. The van der Waals surface area contributed by atoms with Crippen LogP contribution in [-0.2, 0) is 9.59 Å². The van der Waals surface area contributed by atoms with E-state index >= 15 is 0 Å². The average molecular weight is 335 g/mol. The second-order valence-corrected chi connectivity index (χ2v) is 5.95. The molecule has 0 bridgehead atoms. The Morgan fingerprint density at radius 1 is 1.00 bits per heavy atom. The minimum absolute atomic E-state index is 0.102. The van der Waals surface area contributed by atoms with Gasteiger partial charge in [-0.3, -0.25) is 34.4 Å². The first kappa shape index (κ1) is 15.2. The Hall–Kier alpha value is -3.35. The first-order chi connectivity index (χ1) is 12.1. The largest absolute Gasteiger partial charge is 0.295 e. The minimum Gasteiger partial charge on any atom is -0.295 e. The van der Waals surface area contributed by atoms with Crippen molar-refractivity contribution in [2.75, 3.05) is 0 Å². The van der Waals surface area contributed by atoms with Gasteiger partial charge in [0.25, 0.3) is 11.8 Å². The molecule has 1 atom stereocenters. The predicted octanol–water partition coefficient (Wildman–Crippen LogP) is 1.15. The van der Waals surface area contributed by atoms with E-state index in [1.54, 1.807) is 36.7 Å². The SMILES string of the molecule is O=C1CCC(N2C(=O)c3ccc(-c4cccnc4)cc3C2=O)C(=O)N1. The Kier molecular flexibility index (Phi) is 3.42. The molecular weight excluding hydrogens is 322 g/mol. The lowest BCUT2D eigenvalue weighted by Crippen LogP contribution is -2.54. The van der Waals surface area contributed by atoms with Crippen molar-refractivity contribution in [2.45, 2.75) is 18.9 Å². The molecule has 4 amide bonds. The zero-order valence-electron chi connectivity index (χ0n) is 13.1. The Labute approximate surface area is 142 Å². The molecule has 1 fully saturated rings. The third kappa shape index (κ3) is 2.40. The second-order valence-electron chi connectivity index (χ2n) is 5.95. The number of aromatic nitrogens is 1. The van der Waals surface area contributed by atoms with E-state index in [9.17, 15) is 19.2 Å². The van der Waals surface area contributed by atoms with E-state index < -0.39 is 29.7 Å². The van der Waals surface area contributed by atoms with Crippen molar-refractivity contribution in [1.29, 1.82) is 0 Å². The zero-order valence-corrected chi connectivity index (χ0v) is 13.1. The number of fused-ring (bicyclic) bond motifs is 1. The molecule has 1 saturated heterocycles. The molecule has 0 saturated carbocycles. The lowest BCUT2D eigenvalue weighted by atomic mass is 10.0. The number of hydrogen-bond acceptors (Lipinski definition) is 5. The highest BCUT2D eigenvalue weighted by atomic mass is 16.2. The van der Waals surface area contributed by atoms with Crippen molar-refractivity contribution >= 4 is 23.6 Å². The third-order valence-electron chi connectivity index (χ3n) is 4.43. The number of benzene rings is 1. The van der Waals surface area contributed by atoms with E-state index in [0.29, 0.717) is 0 Å². The summed E-state index contributed by atoms with van der Waals surface area (Å²) in [6, 6.07) is 7.66. The fourth-order valence-corrected chi connectivity index (χ4v) is 3.18. The van der Waals surface area contributed by atoms with E-state index in [1.165, 1.54) is 0 Å². The number of pyridine rings is 1. The first-order valence-corrected chi connectivity index (χ1v) is 7.82. The summed E-state index contributed by atoms with van der Waals surface area (Å²) in [4.78, 5) is 53.7. The van der Waals surface area contributed by atoms with Crippen molar-refractivity contribution < 1.29 is 19.2 Å². The van der Waals surface area contributed by atoms with Gasteiger partial charge in [0, 0.05) is 24.4 Å². The fourth-order valence-electron chi connectivity index (χ4n) is 3.18. The topological polar surface area (TPSA) is 96.4 Å². The molecule has 1 aromatic heterocycles. The monoisotopic (exact) mass is 335 g/mol. The molecule has 3 heterocycles. The highest BCUT2D eigenvalue weighted by Crippen LogP contribution is 2.30. The molecule has 0 spiro atoms. The Bertz CT molecular complexity index is 923. The summed E-state index contributed by atoms with van der Waals surface area (Å²) in [5.74, 6) is -2.03. The average Bonchev–Trinajstić information content (AvgIpc) is 2.87. The molecule has 0 aliphatic carbocycles. The van der Waals surface area contributed by atoms with Crippen molar-refractivity contribution in [3.63, 3.8) is 0 Å². The highest BCUT2D eigenvalue weighted by Gasteiger charge is 2.44. The molecule has 25 heavy (non-hydrogen) atoms. The number of piperidine rings is 1. The van der Waals surface area contributed by atoms with Gasteiger partial charge in [-0.2, -0.15) is 0 Å². The molecule has 2 aromatic rings. The molecule has 7 nitrogen and oxygen atoms in total. The van der Waals surface area contributed by atoms with Crippen LogP contribution in [0.4, 0.5) is 0 Å². The van der Waals surface area contributed by atoms with Crippen LogP contribution in [0.1, 0.15) is 33.6 Å². The number of imide groups is 2. The van der Waals surface area contributed by atoms with Crippen molar-refractivity contribution in [3.05, 3.63) is 53.9 Å². The second kappa shape index (κ2) is 5.62. The molecule has 1 N–H and O–H groups in total. The van der Waals surface area contributed by atoms with Gasteiger partial charge >= 0.3 is 0 Å². The van der Waals surface area contributed by atoms with Crippen LogP contribution in [0.15, 0.2) is 42.7 Å². The molecule has 2 aliphatic rings. The summed E-state index contributed by atoms with van der Waals surface area (Å²) >= 11 is 0. The van der Waals surface area contributed by atoms with Crippen LogP contribution in [0, 0.1) is 0 Å². The van der Waals surface area contributed by atoms with Crippen molar-refractivity contribution in [2.24, 2.45) is 0 Å². The number of nitrogens with zero attached hydrogens (tertiary/aromatic N) is 2. The molecule has 7 heteroatoms. The summed E-state index contributed by atoms with van der Waals surface area (Å²) in [7, 11) is 0. The zero-order chi connectivity index (χ0) is 17.6. The summed E-state index contributed by atoms with van der Waals surface area (Å²) < 4.78 is 0. The van der Waals surface area contributed by atoms with Crippen LogP contribution in [0.2, 0.25) is 0 Å². The minimum atomic E-state index is -0.952. The Morgan fingerprint density at radius 2 is 1.80 bits per heavy atom. The number of rotatable bonds is 2. The van der Waals surface area contributed by atoms with Crippen LogP contribution in [-0.4, -0.2) is 39.6 Å². The van der Waals surface area contributed by atoms with E-state index in [4.69, 9.17) is 0 Å². The van der Waals surface area contributed by atoms with Gasteiger partial charge < -0.3 is 0 Å². The maximum Gasteiger partial charge on any atom is 0.262 e. The third-order valence-corrected chi connectivity index (χ3v) is 4.43. The maximum atomic E-state index is 12.7. The van der Waals surface area contributed by atoms with Gasteiger partial charge in [0.05, 0.1) is 11.1 Å². The van der Waals surface area contributed by atoms with E-state index in [-0.39, 0.29) is 24.0 Å². The van der Waals surface area contributed by atoms with Crippen LogP contribution in [0.5, 0.6) is 0 Å². The standard InChI is InChI=1S/C18H13N3O4/c22-15-6-5-14(16(23)20-15)21-17(24)12-4-3-10(8-13(12)18(21)25)11-2-1-7-19-9-11/h1-4,7-9,14H,5-6H2,(H,20,22,23). The smallest absolute Gasteiger partial charge is 0.262 e. The predicted molar refractivity (Wildman–Crippen MR) is 86.3 cm³/mol. The van der Waals surface area contributed by atoms with Gasteiger partial charge in [-0.05, 0) is 30.2 Å². The number of nitrogens with one attached hydrogen (secondary N) is 1. The van der Waals surface area contributed by atoms with Crippen LogP contribution in [0.25, 0.3) is 11.1 Å². The lowest BCUT2D eigenvalue weighted by molar-refractivity contribution is -0.136. The van der Waals surface area contributed by atoms with E-state index in [0.717, 1.165) is 16.0 Å². The van der Waals surface area contributed by atoms with Crippen molar-refractivity contribution in [3.8, 4) is 11.1 Å². The van der Waals surface area contributed by atoms with Gasteiger partial charge in [-0.25, -0.2) is 0 Å². The summed E-state index contributed by atoms with van der Waals surface area (Å²) in [6.07, 6.45) is 3.56. The van der Waals surface area contributed by atoms with Gasteiger partial charge in [-0.1, -0.05) is 12.1 Å². The van der Waals surface area contributed by atoms with E-state index in [2.05, 4.69) is 10.3 Å². The number of carbonyl (C=O) groups is 4. The normalized spacial score (nSPS) is 19.8. The fraction of sp³-hybridized carbons (Fsp3) is 0.167.